The van der Waals surface area contributed by atoms with E-state index in [1.54, 1.807) is 0 Å². The van der Waals surface area contributed by atoms with Crippen molar-refractivity contribution < 1.29 is 4.42 Å². The van der Waals surface area contributed by atoms with Crippen molar-refractivity contribution in [3.63, 3.8) is 0 Å². The number of fused-ring (bicyclic) bond motifs is 8. The highest BCUT2D eigenvalue weighted by molar-refractivity contribution is 6.14. The molecule has 0 bridgehead atoms. The van der Waals surface area contributed by atoms with Crippen molar-refractivity contribution in [1.29, 1.82) is 0 Å². The fraction of sp³-hybridized carbons (Fsp3) is 0.0189. The number of hydrogen-bond donors (Lipinski definition) is 0. The average Bonchev–Trinajstić information content (AvgIpc) is 3.79. The topological polar surface area (TPSA) is 43.9 Å². The van der Waals surface area contributed by atoms with Crippen LogP contribution in [0.25, 0.3) is 118 Å². The highest BCUT2D eigenvalue weighted by atomic mass is 16.3. The first-order chi connectivity index (χ1) is 28.1. The molecule has 0 aliphatic heterocycles. The van der Waals surface area contributed by atoms with Crippen molar-refractivity contribution >= 4 is 83.8 Å². The first-order valence-electron chi connectivity index (χ1n) is 19.1. The van der Waals surface area contributed by atoms with E-state index in [0.717, 1.165) is 104 Å². The molecule has 0 saturated carbocycles. The minimum Gasteiger partial charge on any atom is -0.452 e. The van der Waals surface area contributed by atoms with E-state index >= 15 is 0 Å². The van der Waals surface area contributed by atoms with E-state index in [0.29, 0.717) is 11.4 Å². The van der Waals surface area contributed by atoms with E-state index in [9.17, 15) is 0 Å². The van der Waals surface area contributed by atoms with E-state index in [4.69, 9.17) is 14.4 Å². The number of hydrogen-bond acceptors (Lipinski definition) is 3. The Hall–Kier alpha value is -7.56. The molecule has 0 unspecified atom stereocenters. The summed E-state index contributed by atoms with van der Waals surface area (Å²) in [6, 6.07) is 46.8. The fourth-order valence-electron chi connectivity index (χ4n) is 8.42. The Morgan fingerprint density at radius 2 is 1.32 bits per heavy atom. The zero-order chi connectivity index (χ0) is 38.6. The molecule has 270 valence electrons. The van der Waals surface area contributed by atoms with Crippen LogP contribution in [0, 0.1) is 0 Å². The first kappa shape index (κ1) is 34.0. The highest BCUT2D eigenvalue weighted by Crippen LogP contribution is 2.41. The van der Waals surface area contributed by atoms with E-state index < -0.39 is 0 Å². The maximum absolute atomic E-state index is 6.75. The zero-order valence-corrected chi connectivity index (χ0v) is 31.5. The molecule has 4 nitrogen and oxygen atoms in total. The monoisotopic (exact) mass is 731 g/mol. The van der Waals surface area contributed by atoms with Gasteiger partial charge in [-0.2, -0.15) is 0 Å². The van der Waals surface area contributed by atoms with Crippen molar-refractivity contribution in [3.8, 4) is 33.8 Å². The second-order valence-corrected chi connectivity index (χ2v) is 14.3. The molecule has 3 aromatic heterocycles. The van der Waals surface area contributed by atoms with Gasteiger partial charge in [0.1, 0.15) is 16.8 Å². The lowest BCUT2D eigenvalue weighted by Crippen LogP contribution is -2.23. The molecule has 7 aromatic carbocycles. The number of rotatable bonds is 7. The molecule has 10 rings (SSSR count). The SMILES string of the molecule is C=C/C=c1\c(=C)ccc2c1c1cc(-c3ccc4oc5c(-c6cccc7ccccc67)nc(-c6cccc7ccccc67)nc5c4c3)ccc1n2C(/C=C\C)=C/C=C. The molecule has 10 aromatic rings. The van der Waals surface area contributed by atoms with Crippen LogP contribution in [0.3, 0.4) is 0 Å². The maximum Gasteiger partial charge on any atom is 0.180 e. The maximum atomic E-state index is 6.75. The van der Waals surface area contributed by atoms with Gasteiger partial charge < -0.3 is 8.98 Å². The Kier molecular flexibility index (Phi) is 8.12. The molecule has 0 fully saturated rings. The minimum absolute atomic E-state index is 0.657. The molecule has 0 aliphatic carbocycles. The fourth-order valence-corrected chi connectivity index (χ4v) is 8.42. The second-order valence-electron chi connectivity index (χ2n) is 14.3. The third kappa shape index (κ3) is 5.45. The van der Waals surface area contributed by atoms with Crippen LogP contribution in [0.2, 0.25) is 0 Å². The van der Waals surface area contributed by atoms with Crippen LogP contribution in [-0.4, -0.2) is 14.5 Å². The van der Waals surface area contributed by atoms with E-state index in [1.165, 1.54) is 0 Å². The summed E-state index contributed by atoms with van der Waals surface area (Å²) in [7, 11) is 0. The van der Waals surface area contributed by atoms with Gasteiger partial charge in [-0.3, -0.25) is 0 Å². The zero-order valence-electron chi connectivity index (χ0n) is 31.5. The Bertz CT molecular complexity index is 3470. The molecule has 0 spiro atoms. The molecule has 4 heteroatoms. The summed E-state index contributed by atoms with van der Waals surface area (Å²) in [5, 5.41) is 9.66. The predicted octanol–water partition coefficient (Wildman–Crippen LogP) is 12.8. The molecular weight excluding hydrogens is 695 g/mol. The Labute approximate surface area is 329 Å². The molecule has 0 radical (unpaired) electrons. The molecule has 57 heavy (non-hydrogen) atoms. The summed E-state index contributed by atoms with van der Waals surface area (Å²) in [5.74, 6) is 0.657. The van der Waals surface area contributed by atoms with E-state index in [2.05, 4.69) is 176 Å². The van der Waals surface area contributed by atoms with Crippen LogP contribution in [0.4, 0.5) is 0 Å². The van der Waals surface area contributed by atoms with Crippen LogP contribution in [0.15, 0.2) is 181 Å². The molecular formula is C53H37N3O. The molecule has 3 heterocycles. The van der Waals surface area contributed by atoms with E-state index in [1.807, 2.05) is 25.2 Å². The van der Waals surface area contributed by atoms with Gasteiger partial charge in [0.25, 0.3) is 0 Å². The van der Waals surface area contributed by atoms with Gasteiger partial charge in [-0.1, -0.05) is 147 Å². The summed E-state index contributed by atoms with van der Waals surface area (Å²) < 4.78 is 9.04. The molecule has 0 saturated heterocycles. The minimum atomic E-state index is 0.657. The van der Waals surface area contributed by atoms with Crippen LogP contribution >= 0.6 is 0 Å². The highest BCUT2D eigenvalue weighted by Gasteiger charge is 2.21. The van der Waals surface area contributed by atoms with Crippen LogP contribution in [-0.2, 0) is 0 Å². The van der Waals surface area contributed by atoms with Crippen LogP contribution in [0.1, 0.15) is 6.92 Å². The molecule has 0 atom stereocenters. The number of aromatic nitrogens is 3. The number of allylic oxidation sites excluding steroid dienone is 6. The summed E-state index contributed by atoms with van der Waals surface area (Å²) >= 11 is 0. The van der Waals surface area contributed by atoms with Gasteiger partial charge in [-0.15, -0.1) is 0 Å². The van der Waals surface area contributed by atoms with Gasteiger partial charge in [-0.25, -0.2) is 9.97 Å². The second kappa shape index (κ2) is 13.6. The predicted molar refractivity (Wildman–Crippen MR) is 242 cm³/mol. The normalized spacial score (nSPS) is 12.6. The van der Waals surface area contributed by atoms with Crippen molar-refractivity contribution in [2.75, 3.05) is 0 Å². The third-order valence-corrected chi connectivity index (χ3v) is 11.0. The quantitative estimate of drug-likeness (QED) is 0.153. The van der Waals surface area contributed by atoms with E-state index in [-0.39, 0.29) is 0 Å². The van der Waals surface area contributed by atoms with Gasteiger partial charge in [-0.05, 0) is 92.5 Å². The van der Waals surface area contributed by atoms with Gasteiger partial charge in [0, 0.05) is 33.0 Å². The van der Waals surface area contributed by atoms with Gasteiger partial charge >= 0.3 is 0 Å². The van der Waals surface area contributed by atoms with Gasteiger partial charge in [0.2, 0.25) is 0 Å². The van der Waals surface area contributed by atoms with Crippen LogP contribution < -0.4 is 10.4 Å². The molecule has 0 N–H and O–H groups in total. The largest absolute Gasteiger partial charge is 0.452 e. The van der Waals surface area contributed by atoms with Crippen molar-refractivity contribution in [1.82, 2.24) is 14.5 Å². The van der Waals surface area contributed by atoms with Crippen molar-refractivity contribution in [2.24, 2.45) is 0 Å². The third-order valence-electron chi connectivity index (χ3n) is 11.0. The van der Waals surface area contributed by atoms with Crippen molar-refractivity contribution in [2.45, 2.75) is 6.92 Å². The van der Waals surface area contributed by atoms with Crippen molar-refractivity contribution in [3.05, 3.63) is 187 Å². The number of furan rings is 1. The summed E-state index contributed by atoms with van der Waals surface area (Å²) in [5.41, 5.74) is 10.3. The molecule has 0 amide bonds. The number of nitrogens with zero attached hydrogens (tertiary/aromatic N) is 3. The lowest BCUT2D eigenvalue weighted by molar-refractivity contribution is 0.667. The lowest BCUT2D eigenvalue weighted by Gasteiger charge is -2.10. The Morgan fingerprint density at radius 3 is 2.05 bits per heavy atom. The Balaban J connectivity index is 1.25. The Morgan fingerprint density at radius 1 is 0.649 bits per heavy atom. The lowest BCUT2D eigenvalue weighted by atomic mass is 9.99. The standard InChI is InChI=1S/C53H37N3O/c1-5-14-38(15-6-2)56-46-29-26-36(31-44(46)49-39(16-7-3)33(4)25-28-47(49)56)37-27-30-48-45(32-37)51-52(57-48)50(42-23-12-19-34-17-8-10-21-40(34)42)54-53(55-51)43-24-13-20-35-18-9-11-22-41(35)43/h5-32H,1,3-4H2,2H3/b15-6-,38-14+,39-16+. The smallest absolute Gasteiger partial charge is 0.180 e. The summed E-state index contributed by atoms with van der Waals surface area (Å²) in [6.45, 7) is 14.5. The van der Waals surface area contributed by atoms with Gasteiger partial charge in [0.05, 0.1) is 11.0 Å². The van der Waals surface area contributed by atoms with Crippen LogP contribution in [0.5, 0.6) is 0 Å². The average molecular weight is 732 g/mol. The first-order valence-corrected chi connectivity index (χ1v) is 19.1. The summed E-state index contributed by atoms with van der Waals surface area (Å²) in [6.07, 6.45) is 11.9. The molecule has 0 aliphatic rings. The van der Waals surface area contributed by atoms with Gasteiger partial charge in [0.15, 0.2) is 11.4 Å². The number of benzene rings is 7. The summed E-state index contributed by atoms with van der Waals surface area (Å²) in [4.78, 5) is 10.6.